The van der Waals surface area contributed by atoms with E-state index in [2.05, 4.69) is 4.98 Å². The summed E-state index contributed by atoms with van der Waals surface area (Å²) in [6, 6.07) is 16.7. The number of aromatic nitrogens is 1. The van der Waals surface area contributed by atoms with Crippen LogP contribution in [0.1, 0.15) is 12.5 Å². The van der Waals surface area contributed by atoms with E-state index in [-0.39, 0.29) is 17.5 Å². The fourth-order valence-electron chi connectivity index (χ4n) is 3.42. The van der Waals surface area contributed by atoms with E-state index in [1.165, 1.54) is 19.4 Å². The minimum atomic E-state index is -0.906. The van der Waals surface area contributed by atoms with Gasteiger partial charge in [0.15, 0.2) is 28.9 Å². The van der Waals surface area contributed by atoms with Gasteiger partial charge in [0.25, 0.3) is 0 Å². The Morgan fingerprint density at radius 1 is 0.941 bits per heavy atom. The fraction of sp³-hybridized carbons (Fsp3) is 0.192. The van der Waals surface area contributed by atoms with Gasteiger partial charge < -0.3 is 24.7 Å². The van der Waals surface area contributed by atoms with Gasteiger partial charge in [-0.25, -0.2) is 8.78 Å². The number of fused-ring (bicyclic) bond motifs is 1. The molecule has 0 aliphatic carbocycles. The van der Waals surface area contributed by atoms with Crippen LogP contribution in [0.2, 0.25) is 0 Å². The molecule has 1 aromatic heterocycles. The van der Waals surface area contributed by atoms with Gasteiger partial charge in [-0.1, -0.05) is 30.3 Å². The first-order valence-corrected chi connectivity index (χ1v) is 10.6. The van der Waals surface area contributed by atoms with Crippen LogP contribution in [-0.2, 0) is 11.3 Å². The van der Waals surface area contributed by atoms with Crippen molar-refractivity contribution in [3.8, 4) is 23.0 Å². The molecular weight excluding hydrogens is 442 g/mol. The topological polar surface area (TPSA) is 75.8 Å². The van der Waals surface area contributed by atoms with Crippen LogP contribution in [0, 0.1) is 11.6 Å². The molecule has 1 unspecified atom stereocenters. The number of ether oxygens (including phenoxy) is 4. The summed E-state index contributed by atoms with van der Waals surface area (Å²) in [4.78, 5) is 4.31. The van der Waals surface area contributed by atoms with Gasteiger partial charge in [-0.05, 0) is 24.6 Å². The van der Waals surface area contributed by atoms with Crippen molar-refractivity contribution in [2.45, 2.75) is 19.6 Å². The predicted octanol–water partition coefficient (Wildman–Crippen LogP) is 5.88. The monoisotopic (exact) mass is 466 g/mol. The Hall–Kier alpha value is -3.91. The number of hydrogen-bond donors (Lipinski definition) is 1. The van der Waals surface area contributed by atoms with Crippen LogP contribution >= 0.6 is 0 Å². The zero-order valence-corrected chi connectivity index (χ0v) is 18.8. The maximum Gasteiger partial charge on any atom is 0.198 e. The molecule has 6 nitrogen and oxygen atoms in total. The number of nitrogens with zero attached hydrogens (tertiary/aromatic N) is 1. The van der Waals surface area contributed by atoms with Crippen LogP contribution in [0.15, 0.2) is 66.9 Å². The number of methoxy groups -OCH3 is 1. The molecule has 34 heavy (non-hydrogen) atoms. The maximum absolute atomic E-state index is 14.3. The quantitative estimate of drug-likeness (QED) is 0.311. The molecule has 0 spiro atoms. The Bertz CT molecular complexity index is 1260. The first-order chi connectivity index (χ1) is 16.4. The molecule has 8 heteroatoms. The fourth-order valence-corrected chi connectivity index (χ4v) is 3.42. The molecule has 3 aromatic carbocycles. The second-order valence-electron chi connectivity index (χ2n) is 7.67. The predicted molar refractivity (Wildman–Crippen MR) is 125 cm³/mol. The summed E-state index contributed by atoms with van der Waals surface area (Å²) in [5, 5.41) is 0.492. The molecule has 1 heterocycles. The van der Waals surface area contributed by atoms with Gasteiger partial charge in [0.05, 0.1) is 25.8 Å². The highest BCUT2D eigenvalue weighted by molar-refractivity contribution is 5.88. The Kier molecular flexibility index (Phi) is 7.08. The van der Waals surface area contributed by atoms with Crippen molar-refractivity contribution >= 4 is 16.6 Å². The normalized spacial score (nSPS) is 11.9. The number of hydrogen-bond acceptors (Lipinski definition) is 6. The van der Waals surface area contributed by atoms with E-state index in [0.717, 1.165) is 17.7 Å². The smallest absolute Gasteiger partial charge is 0.198 e. The van der Waals surface area contributed by atoms with E-state index in [1.807, 2.05) is 37.3 Å². The first kappa shape index (κ1) is 23.3. The zero-order valence-electron chi connectivity index (χ0n) is 18.8. The lowest BCUT2D eigenvalue weighted by Gasteiger charge is -2.18. The number of rotatable bonds is 9. The summed E-state index contributed by atoms with van der Waals surface area (Å²) in [6.07, 6.45) is 1.17. The Labute approximate surface area is 195 Å². The molecule has 1 atom stereocenters. The Morgan fingerprint density at radius 3 is 2.38 bits per heavy atom. The zero-order chi connectivity index (χ0) is 24.1. The van der Waals surface area contributed by atoms with E-state index in [0.29, 0.717) is 35.6 Å². The summed E-state index contributed by atoms with van der Waals surface area (Å²) < 4.78 is 51.4. The van der Waals surface area contributed by atoms with Gasteiger partial charge in [0.1, 0.15) is 11.9 Å². The lowest BCUT2D eigenvalue weighted by atomic mass is 10.1. The summed E-state index contributed by atoms with van der Waals surface area (Å²) in [7, 11) is 1.52. The highest BCUT2D eigenvalue weighted by Gasteiger charge is 2.18. The van der Waals surface area contributed by atoms with Crippen LogP contribution in [0.5, 0.6) is 23.0 Å². The molecule has 0 aliphatic rings. The molecule has 2 N–H and O–H groups in total. The number of halogens is 2. The van der Waals surface area contributed by atoms with Crippen LogP contribution in [0.25, 0.3) is 10.9 Å². The van der Waals surface area contributed by atoms with Crippen molar-refractivity contribution < 1.29 is 27.7 Å². The second-order valence-corrected chi connectivity index (χ2v) is 7.67. The summed E-state index contributed by atoms with van der Waals surface area (Å²) in [6.45, 7) is 2.67. The standard InChI is InChI=1S/C26H24F2N2O4/c1-16(14-32-15-17-6-4-3-5-7-17)33-25-12-19-22(13-24(25)31-2)30-9-8-23(19)34-26-20(27)10-18(29)11-21(26)28/h3-13,16H,14-15,29H2,1-2H3. The van der Waals surface area contributed by atoms with Crippen molar-refractivity contribution in [3.63, 3.8) is 0 Å². The third-order valence-electron chi connectivity index (χ3n) is 5.01. The van der Waals surface area contributed by atoms with Gasteiger partial charge in [-0.2, -0.15) is 0 Å². The Morgan fingerprint density at radius 2 is 1.68 bits per heavy atom. The van der Waals surface area contributed by atoms with Crippen molar-refractivity contribution in [2.24, 2.45) is 0 Å². The summed E-state index contributed by atoms with van der Waals surface area (Å²) >= 11 is 0. The maximum atomic E-state index is 14.3. The molecule has 176 valence electrons. The number of anilines is 1. The van der Waals surface area contributed by atoms with Gasteiger partial charge in [0, 0.05) is 35.5 Å². The molecule has 4 aromatic rings. The summed E-state index contributed by atoms with van der Waals surface area (Å²) in [5.41, 5.74) is 7.02. The molecule has 0 aliphatic heterocycles. The number of benzene rings is 3. The van der Waals surface area contributed by atoms with Crippen LogP contribution in [0.4, 0.5) is 14.5 Å². The SMILES string of the molecule is COc1cc2nccc(Oc3c(F)cc(N)cc3F)c2cc1OC(C)COCc1ccccc1. The molecule has 0 saturated heterocycles. The van der Waals surface area contributed by atoms with E-state index in [9.17, 15) is 8.78 Å². The highest BCUT2D eigenvalue weighted by Crippen LogP contribution is 2.38. The van der Waals surface area contributed by atoms with Crippen LogP contribution in [0.3, 0.4) is 0 Å². The number of nitrogen functional groups attached to an aromatic ring is 1. The number of nitrogens with two attached hydrogens (primary N) is 1. The van der Waals surface area contributed by atoms with Crippen molar-refractivity contribution in [3.05, 3.63) is 84.1 Å². The van der Waals surface area contributed by atoms with Gasteiger partial charge in [-0.3, -0.25) is 4.98 Å². The van der Waals surface area contributed by atoms with Gasteiger partial charge in [-0.15, -0.1) is 0 Å². The largest absolute Gasteiger partial charge is 0.493 e. The average Bonchev–Trinajstić information content (AvgIpc) is 2.81. The second kappa shape index (κ2) is 10.4. The lowest BCUT2D eigenvalue weighted by molar-refractivity contribution is 0.0482. The molecule has 0 saturated carbocycles. The van der Waals surface area contributed by atoms with Crippen molar-refractivity contribution in [2.75, 3.05) is 19.5 Å². The highest BCUT2D eigenvalue weighted by atomic mass is 19.1. The molecule has 0 radical (unpaired) electrons. The summed E-state index contributed by atoms with van der Waals surface area (Å²) in [5.74, 6) is -1.29. The molecule has 0 amide bonds. The Balaban J connectivity index is 1.56. The first-order valence-electron chi connectivity index (χ1n) is 10.6. The number of pyridine rings is 1. The third kappa shape index (κ3) is 5.35. The molecule has 0 bridgehead atoms. The van der Waals surface area contributed by atoms with Crippen molar-refractivity contribution in [1.82, 2.24) is 4.98 Å². The van der Waals surface area contributed by atoms with Crippen LogP contribution in [-0.4, -0.2) is 24.8 Å². The van der Waals surface area contributed by atoms with E-state index < -0.39 is 17.4 Å². The average molecular weight is 466 g/mol. The molecule has 0 fully saturated rings. The minimum absolute atomic E-state index is 0.0363. The van der Waals surface area contributed by atoms with Gasteiger partial charge in [0.2, 0.25) is 0 Å². The third-order valence-corrected chi connectivity index (χ3v) is 5.01. The van der Waals surface area contributed by atoms with Crippen LogP contribution < -0.4 is 19.9 Å². The van der Waals surface area contributed by atoms with E-state index >= 15 is 0 Å². The van der Waals surface area contributed by atoms with E-state index in [4.69, 9.17) is 24.7 Å². The van der Waals surface area contributed by atoms with E-state index in [1.54, 1.807) is 12.1 Å². The molecular formula is C26H24F2N2O4. The van der Waals surface area contributed by atoms with Gasteiger partial charge >= 0.3 is 0 Å². The van der Waals surface area contributed by atoms with Crippen molar-refractivity contribution in [1.29, 1.82) is 0 Å². The molecule has 4 rings (SSSR count). The lowest BCUT2D eigenvalue weighted by Crippen LogP contribution is -2.19. The minimum Gasteiger partial charge on any atom is -0.493 e.